The number of piperazine rings is 1. The SMILES string of the molecule is N#Cc1ccc(N2CCN(S(=O)(=O)c3ccccc3)CC2)c([N+](=O)[O-])c1. The van der Waals surface area contributed by atoms with Gasteiger partial charge in [-0.1, -0.05) is 18.2 Å². The van der Waals surface area contributed by atoms with Crippen LogP contribution in [-0.2, 0) is 10.0 Å². The second kappa shape index (κ2) is 7.11. The molecule has 2 aromatic rings. The highest BCUT2D eigenvalue weighted by Gasteiger charge is 2.30. The van der Waals surface area contributed by atoms with Crippen LogP contribution in [0.2, 0.25) is 0 Å². The Morgan fingerprint density at radius 3 is 2.27 bits per heavy atom. The Morgan fingerprint density at radius 1 is 1.04 bits per heavy atom. The van der Waals surface area contributed by atoms with E-state index in [0.29, 0.717) is 18.8 Å². The summed E-state index contributed by atoms with van der Waals surface area (Å²) in [6, 6.07) is 14.4. The van der Waals surface area contributed by atoms with Crippen molar-refractivity contribution < 1.29 is 13.3 Å². The molecule has 1 saturated heterocycles. The molecule has 0 amide bonds. The fourth-order valence-corrected chi connectivity index (χ4v) is 4.36. The van der Waals surface area contributed by atoms with E-state index in [1.165, 1.54) is 22.5 Å². The van der Waals surface area contributed by atoms with Gasteiger partial charge < -0.3 is 4.90 Å². The zero-order valence-electron chi connectivity index (χ0n) is 13.8. The van der Waals surface area contributed by atoms with Gasteiger partial charge in [-0.25, -0.2) is 8.42 Å². The summed E-state index contributed by atoms with van der Waals surface area (Å²) < 4.78 is 26.7. The van der Waals surface area contributed by atoms with Gasteiger partial charge in [0, 0.05) is 32.2 Å². The van der Waals surface area contributed by atoms with Crippen LogP contribution in [0.5, 0.6) is 0 Å². The summed E-state index contributed by atoms with van der Waals surface area (Å²) in [5.74, 6) is 0. The van der Waals surface area contributed by atoms with Gasteiger partial charge in [-0.15, -0.1) is 0 Å². The molecule has 0 radical (unpaired) electrons. The van der Waals surface area contributed by atoms with Crippen molar-refractivity contribution in [2.24, 2.45) is 0 Å². The van der Waals surface area contributed by atoms with Gasteiger partial charge in [0.15, 0.2) is 0 Å². The Morgan fingerprint density at radius 2 is 1.69 bits per heavy atom. The fourth-order valence-electron chi connectivity index (χ4n) is 2.92. The Labute approximate surface area is 151 Å². The predicted molar refractivity (Wildman–Crippen MR) is 95.2 cm³/mol. The average molecular weight is 372 g/mol. The third kappa shape index (κ3) is 3.37. The minimum absolute atomic E-state index is 0.150. The lowest BCUT2D eigenvalue weighted by Crippen LogP contribution is -2.48. The summed E-state index contributed by atoms with van der Waals surface area (Å²) in [7, 11) is -3.58. The van der Waals surface area contributed by atoms with E-state index in [9.17, 15) is 18.5 Å². The van der Waals surface area contributed by atoms with Crippen LogP contribution in [0, 0.1) is 21.4 Å². The molecular weight excluding hydrogens is 356 g/mol. The molecule has 26 heavy (non-hydrogen) atoms. The molecule has 0 N–H and O–H groups in total. The molecule has 0 atom stereocenters. The van der Waals surface area contributed by atoms with Crippen molar-refractivity contribution in [3.05, 3.63) is 64.2 Å². The van der Waals surface area contributed by atoms with Gasteiger partial charge in [-0.2, -0.15) is 9.57 Å². The maximum absolute atomic E-state index is 12.7. The Balaban J connectivity index is 1.79. The number of nitrogens with zero attached hydrogens (tertiary/aromatic N) is 4. The van der Waals surface area contributed by atoms with Gasteiger partial charge in [0.05, 0.1) is 21.5 Å². The molecule has 1 heterocycles. The maximum Gasteiger partial charge on any atom is 0.293 e. The van der Waals surface area contributed by atoms with Gasteiger partial charge in [0.2, 0.25) is 10.0 Å². The number of nitro benzene ring substituents is 1. The highest BCUT2D eigenvalue weighted by Crippen LogP contribution is 2.30. The van der Waals surface area contributed by atoms with E-state index >= 15 is 0 Å². The molecule has 3 rings (SSSR count). The van der Waals surface area contributed by atoms with Crippen molar-refractivity contribution in [2.45, 2.75) is 4.90 Å². The van der Waals surface area contributed by atoms with E-state index in [1.54, 1.807) is 35.2 Å². The van der Waals surface area contributed by atoms with Crippen molar-refractivity contribution in [3.8, 4) is 6.07 Å². The van der Waals surface area contributed by atoms with E-state index in [2.05, 4.69) is 0 Å². The molecule has 9 heteroatoms. The van der Waals surface area contributed by atoms with Crippen LogP contribution in [0.1, 0.15) is 5.56 Å². The lowest BCUT2D eigenvalue weighted by atomic mass is 10.1. The monoisotopic (exact) mass is 372 g/mol. The number of hydrogen-bond acceptors (Lipinski definition) is 6. The van der Waals surface area contributed by atoms with Crippen LogP contribution in [0.4, 0.5) is 11.4 Å². The van der Waals surface area contributed by atoms with E-state index < -0.39 is 14.9 Å². The summed E-state index contributed by atoms with van der Waals surface area (Å²) in [6.07, 6.45) is 0. The van der Waals surface area contributed by atoms with Crippen LogP contribution in [0.3, 0.4) is 0 Å². The van der Waals surface area contributed by atoms with Crippen LogP contribution in [0.25, 0.3) is 0 Å². The molecule has 1 aliphatic heterocycles. The quantitative estimate of drug-likeness (QED) is 0.600. The molecule has 2 aromatic carbocycles. The first-order chi connectivity index (χ1) is 12.4. The molecule has 0 spiro atoms. The normalized spacial score (nSPS) is 15.4. The van der Waals surface area contributed by atoms with Crippen molar-refractivity contribution in [1.29, 1.82) is 5.26 Å². The number of benzene rings is 2. The average Bonchev–Trinajstić information content (AvgIpc) is 2.68. The van der Waals surface area contributed by atoms with Crippen molar-refractivity contribution in [2.75, 3.05) is 31.1 Å². The molecule has 0 unspecified atom stereocenters. The van der Waals surface area contributed by atoms with Crippen LogP contribution < -0.4 is 4.90 Å². The molecule has 0 bridgehead atoms. The van der Waals surface area contributed by atoms with Crippen LogP contribution >= 0.6 is 0 Å². The second-order valence-electron chi connectivity index (χ2n) is 5.78. The topological polar surface area (TPSA) is 108 Å². The molecular formula is C17H16N4O4S. The number of sulfonamides is 1. The minimum Gasteiger partial charge on any atom is -0.363 e. The molecule has 1 aliphatic rings. The molecule has 134 valence electrons. The minimum atomic E-state index is -3.58. The van der Waals surface area contributed by atoms with E-state index in [1.807, 2.05) is 6.07 Å². The zero-order chi connectivity index (χ0) is 18.7. The summed E-state index contributed by atoms with van der Waals surface area (Å²) in [5.41, 5.74) is 0.458. The van der Waals surface area contributed by atoms with Crippen molar-refractivity contribution >= 4 is 21.4 Å². The number of nitro groups is 1. The Hall–Kier alpha value is -2.96. The summed E-state index contributed by atoms with van der Waals surface area (Å²) in [6.45, 7) is 1.13. The lowest BCUT2D eigenvalue weighted by molar-refractivity contribution is -0.384. The molecule has 1 fully saturated rings. The van der Waals surface area contributed by atoms with Crippen molar-refractivity contribution in [3.63, 3.8) is 0 Å². The predicted octanol–water partition coefficient (Wildman–Crippen LogP) is 1.98. The Kier molecular flexibility index (Phi) is 4.88. The first-order valence-corrected chi connectivity index (χ1v) is 9.36. The first-order valence-electron chi connectivity index (χ1n) is 7.92. The zero-order valence-corrected chi connectivity index (χ0v) is 14.6. The second-order valence-corrected chi connectivity index (χ2v) is 7.71. The summed E-state index contributed by atoms with van der Waals surface area (Å²) in [5, 5.41) is 20.2. The summed E-state index contributed by atoms with van der Waals surface area (Å²) in [4.78, 5) is 12.8. The van der Waals surface area contributed by atoms with Gasteiger partial charge in [0.1, 0.15) is 5.69 Å². The molecule has 0 aromatic heterocycles. The van der Waals surface area contributed by atoms with Gasteiger partial charge in [-0.3, -0.25) is 10.1 Å². The largest absolute Gasteiger partial charge is 0.363 e. The number of nitriles is 1. The van der Waals surface area contributed by atoms with Crippen molar-refractivity contribution in [1.82, 2.24) is 4.31 Å². The van der Waals surface area contributed by atoms with E-state index in [-0.39, 0.29) is 29.2 Å². The highest BCUT2D eigenvalue weighted by molar-refractivity contribution is 7.89. The number of rotatable bonds is 4. The third-order valence-corrected chi connectivity index (χ3v) is 6.17. The van der Waals surface area contributed by atoms with Crippen LogP contribution in [-0.4, -0.2) is 43.8 Å². The third-order valence-electron chi connectivity index (χ3n) is 4.26. The lowest BCUT2D eigenvalue weighted by Gasteiger charge is -2.35. The van der Waals surface area contributed by atoms with Gasteiger partial charge >= 0.3 is 0 Å². The Bertz CT molecular complexity index is 962. The first kappa shape index (κ1) is 17.8. The number of anilines is 1. The smallest absolute Gasteiger partial charge is 0.293 e. The van der Waals surface area contributed by atoms with E-state index in [0.717, 1.165) is 0 Å². The highest BCUT2D eigenvalue weighted by atomic mass is 32.2. The summed E-state index contributed by atoms with van der Waals surface area (Å²) >= 11 is 0. The maximum atomic E-state index is 12.7. The molecule has 8 nitrogen and oxygen atoms in total. The van der Waals surface area contributed by atoms with Gasteiger partial charge in [-0.05, 0) is 24.3 Å². The van der Waals surface area contributed by atoms with E-state index in [4.69, 9.17) is 5.26 Å². The fraction of sp³-hybridized carbons (Fsp3) is 0.235. The van der Waals surface area contributed by atoms with Gasteiger partial charge in [0.25, 0.3) is 5.69 Å². The standard InChI is InChI=1S/C17H16N4O4S/c18-13-14-6-7-16(17(12-14)21(22)23)19-8-10-20(11-9-19)26(24,25)15-4-2-1-3-5-15/h1-7,12H,8-11H2. The van der Waals surface area contributed by atoms with Crippen LogP contribution in [0.15, 0.2) is 53.4 Å². The number of hydrogen-bond donors (Lipinski definition) is 0. The molecule has 0 aliphatic carbocycles. The molecule has 0 saturated carbocycles.